The summed E-state index contributed by atoms with van der Waals surface area (Å²) in [6.45, 7) is 0. The molecule has 0 bridgehead atoms. The van der Waals surface area contributed by atoms with Crippen molar-refractivity contribution in [1.29, 1.82) is 0 Å². The second kappa shape index (κ2) is 7.62. The number of benzene rings is 2. The van der Waals surface area contributed by atoms with Gasteiger partial charge in [0, 0.05) is 5.69 Å². The van der Waals surface area contributed by atoms with Gasteiger partial charge in [-0.1, -0.05) is 18.2 Å². The average Bonchev–Trinajstić information content (AvgIpc) is 2.54. The number of hydrogen-bond acceptors (Lipinski definition) is 6. The summed E-state index contributed by atoms with van der Waals surface area (Å²) in [6, 6.07) is 10.8. The van der Waals surface area contributed by atoms with Crippen molar-refractivity contribution in [2.24, 2.45) is 0 Å². The molecule has 0 aliphatic heterocycles. The lowest BCUT2D eigenvalue weighted by Crippen LogP contribution is -2.23. The van der Waals surface area contributed by atoms with Crippen molar-refractivity contribution in [2.75, 3.05) is 11.1 Å². The van der Waals surface area contributed by atoms with Crippen molar-refractivity contribution < 1.29 is 26.2 Å². The number of amides is 1. The number of carbonyl (C=O) groups is 1. The van der Waals surface area contributed by atoms with E-state index in [9.17, 15) is 21.6 Å². The Kier molecular flexibility index (Phi) is 5.91. The van der Waals surface area contributed by atoms with Gasteiger partial charge in [0.1, 0.15) is 9.60 Å². The Morgan fingerprint density at radius 2 is 1.73 bits per heavy atom. The van der Waals surface area contributed by atoms with Crippen LogP contribution in [-0.4, -0.2) is 32.0 Å². The Bertz CT molecular complexity index is 1020. The highest BCUT2D eigenvalue weighted by atomic mass is 35.5. The van der Waals surface area contributed by atoms with E-state index in [0.29, 0.717) is 0 Å². The molecule has 1 atom stereocenters. The fraction of sp³-hybridized carbons (Fsp3) is 0.133. The first-order valence-electron chi connectivity index (χ1n) is 7.11. The van der Waals surface area contributed by atoms with Gasteiger partial charge in [-0.3, -0.25) is 9.35 Å². The van der Waals surface area contributed by atoms with E-state index in [1.807, 2.05) is 0 Å². The topological polar surface area (TPSA) is 144 Å². The zero-order valence-corrected chi connectivity index (χ0v) is 15.6. The van der Waals surface area contributed by atoms with Gasteiger partial charge in [-0.15, -0.1) is 11.6 Å². The van der Waals surface area contributed by atoms with Gasteiger partial charge in [0.15, 0.2) is 9.84 Å². The average molecular weight is 419 g/mol. The van der Waals surface area contributed by atoms with E-state index in [1.165, 1.54) is 30.3 Å². The molecule has 0 fully saturated rings. The van der Waals surface area contributed by atoms with Crippen LogP contribution in [0.15, 0.2) is 58.3 Å². The van der Waals surface area contributed by atoms with E-state index in [2.05, 4.69) is 5.32 Å². The van der Waals surface area contributed by atoms with E-state index in [-0.39, 0.29) is 16.3 Å². The lowest BCUT2D eigenvalue weighted by molar-refractivity contribution is -0.116. The quantitative estimate of drug-likeness (QED) is 0.369. The highest BCUT2D eigenvalue weighted by molar-refractivity contribution is 7.93. The van der Waals surface area contributed by atoms with Crippen LogP contribution in [-0.2, 0) is 24.7 Å². The van der Waals surface area contributed by atoms with Crippen LogP contribution >= 0.6 is 11.6 Å². The second-order valence-electron chi connectivity index (χ2n) is 5.25. The van der Waals surface area contributed by atoms with Crippen molar-refractivity contribution >= 4 is 48.8 Å². The molecule has 11 heteroatoms. The minimum atomic E-state index is -4.49. The maximum Gasteiger partial charge on any atom is 0.296 e. The Morgan fingerprint density at radius 1 is 1.12 bits per heavy atom. The molecule has 0 saturated heterocycles. The molecule has 1 amide bonds. The summed E-state index contributed by atoms with van der Waals surface area (Å²) in [6.07, 6.45) is -0.529. The smallest absolute Gasteiger partial charge is 0.296 e. The Hall–Kier alpha value is -2.14. The summed E-state index contributed by atoms with van der Waals surface area (Å²) < 4.78 is 54.3. The van der Waals surface area contributed by atoms with Crippen LogP contribution < -0.4 is 11.1 Å². The molecule has 1 unspecified atom stereocenters. The number of nitrogen functional groups attached to an aromatic ring is 1. The Balaban J connectivity index is 2.10. The summed E-state index contributed by atoms with van der Waals surface area (Å²) >= 11 is 5.90. The summed E-state index contributed by atoms with van der Waals surface area (Å²) in [5.41, 5.74) is 5.37. The number of anilines is 2. The van der Waals surface area contributed by atoms with Crippen LogP contribution in [0, 0.1) is 0 Å². The van der Waals surface area contributed by atoms with Crippen molar-refractivity contribution in [3.8, 4) is 0 Å². The molecule has 8 nitrogen and oxygen atoms in total. The standard InChI is InChI=1S/C15H15ClN2O6S2/c16-14(25(20,21)11-4-2-1-3-5-11)9-15(19)18-10-6-7-13(12(17)8-10)26(22,23)24/h1-8,14H,9,17H2,(H,18,19)(H,22,23,24). The number of hydrogen-bond donors (Lipinski definition) is 3. The predicted octanol–water partition coefficient (Wildman–Crippen LogP) is 1.88. The number of sulfone groups is 1. The van der Waals surface area contributed by atoms with Gasteiger partial charge in [0.05, 0.1) is 17.0 Å². The van der Waals surface area contributed by atoms with Crippen LogP contribution in [0.5, 0.6) is 0 Å². The van der Waals surface area contributed by atoms with E-state index in [0.717, 1.165) is 12.1 Å². The van der Waals surface area contributed by atoms with E-state index < -0.39 is 41.9 Å². The molecule has 0 heterocycles. The van der Waals surface area contributed by atoms with Crippen molar-refractivity contribution in [2.45, 2.75) is 20.9 Å². The fourth-order valence-electron chi connectivity index (χ4n) is 2.09. The molecule has 0 aliphatic carbocycles. The number of nitrogens with one attached hydrogen (secondary N) is 1. The van der Waals surface area contributed by atoms with Crippen molar-refractivity contribution in [3.05, 3.63) is 48.5 Å². The molecule has 0 aromatic heterocycles. The van der Waals surface area contributed by atoms with Gasteiger partial charge in [0.2, 0.25) is 5.91 Å². The first kappa shape index (κ1) is 20.2. The Labute approximate surface area is 155 Å². The number of rotatable bonds is 6. The highest BCUT2D eigenvalue weighted by Gasteiger charge is 2.27. The number of carbonyl (C=O) groups excluding carboxylic acids is 1. The third kappa shape index (κ3) is 4.73. The normalized spacial score (nSPS) is 13.2. The molecule has 26 heavy (non-hydrogen) atoms. The lowest BCUT2D eigenvalue weighted by Gasteiger charge is -2.12. The largest absolute Gasteiger partial charge is 0.398 e. The molecule has 0 saturated carbocycles. The van der Waals surface area contributed by atoms with Crippen LogP contribution in [0.3, 0.4) is 0 Å². The monoisotopic (exact) mass is 418 g/mol. The molecule has 0 spiro atoms. The third-order valence-electron chi connectivity index (χ3n) is 3.33. The van der Waals surface area contributed by atoms with Crippen LogP contribution in [0.25, 0.3) is 0 Å². The molecule has 2 aromatic rings. The molecular weight excluding hydrogens is 404 g/mol. The molecule has 2 rings (SSSR count). The molecular formula is C15H15ClN2O6S2. The van der Waals surface area contributed by atoms with Gasteiger partial charge in [-0.25, -0.2) is 8.42 Å². The third-order valence-corrected chi connectivity index (χ3v) is 6.88. The van der Waals surface area contributed by atoms with Gasteiger partial charge in [-0.2, -0.15) is 8.42 Å². The zero-order valence-electron chi connectivity index (χ0n) is 13.2. The van der Waals surface area contributed by atoms with Crippen LogP contribution in [0.4, 0.5) is 11.4 Å². The SMILES string of the molecule is Nc1cc(NC(=O)CC(Cl)S(=O)(=O)c2ccccc2)ccc1S(=O)(=O)O. The second-order valence-corrected chi connectivity index (χ2v) is 9.55. The molecule has 0 radical (unpaired) electrons. The first-order chi connectivity index (χ1) is 12.0. The van der Waals surface area contributed by atoms with Gasteiger partial charge < -0.3 is 11.1 Å². The zero-order chi connectivity index (χ0) is 19.5. The van der Waals surface area contributed by atoms with E-state index in [4.69, 9.17) is 21.9 Å². The van der Waals surface area contributed by atoms with Crippen molar-refractivity contribution in [3.63, 3.8) is 0 Å². The molecule has 2 aromatic carbocycles. The van der Waals surface area contributed by atoms with Crippen LogP contribution in [0.1, 0.15) is 6.42 Å². The molecule has 0 aliphatic rings. The lowest BCUT2D eigenvalue weighted by atomic mass is 10.2. The van der Waals surface area contributed by atoms with E-state index in [1.54, 1.807) is 6.07 Å². The maximum absolute atomic E-state index is 12.3. The van der Waals surface area contributed by atoms with Gasteiger partial charge in [-0.05, 0) is 30.3 Å². The van der Waals surface area contributed by atoms with Gasteiger partial charge in [0.25, 0.3) is 10.1 Å². The number of halogens is 1. The minimum absolute atomic E-state index is 0.00505. The van der Waals surface area contributed by atoms with Crippen LogP contribution in [0.2, 0.25) is 0 Å². The van der Waals surface area contributed by atoms with Crippen molar-refractivity contribution in [1.82, 2.24) is 0 Å². The highest BCUT2D eigenvalue weighted by Crippen LogP contribution is 2.24. The summed E-state index contributed by atoms with van der Waals surface area (Å²) in [5.74, 6) is -0.705. The first-order valence-corrected chi connectivity index (χ1v) is 10.5. The molecule has 4 N–H and O–H groups in total. The minimum Gasteiger partial charge on any atom is -0.398 e. The molecule has 140 valence electrons. The predicted molar refractivity (Wildman–Crippen MR) is 97.2 cm³/mol. The number of nitrogens with two attached hydrogens (primary N) is 1. The van der Waals surface area contributed by atoms with E-state index >= 15 is 0 Å². The summed E-state index contributed by atoms with van der Waals surface area (Å²) in [4.78, 5) is 11.5. The fourth-order valence-corrected chi connectivity index (χ4v) is 4.33. The maximum atomic E-state index is 12.3. The summed E-state index contributed by atoms with van der Waals surface area (Å²) in [7, 11) is -8.38. The number of alkyl halides is 1. The van der Waals surface area contributed by atoms with Gasteiger partial charge >= 0.3 is 0 Å². The summed E-state index contributed by atoms with van der Waals surface area (Å²) in [5, 5.41) is 2.37. The Morgan fingerprint density at radius 3 is 2.27 bits per heavy atom.